The Labute approximate surface area is 115 Å². The average molecular weight is 285 g/mol. The number of hydrogen-bond donors (Lipinski definition) is 4. The van der Waals surface area contributed by atoms with E-state index in [0.29, 0.717) is 18.4 Å². The van der Waals surface area contributed by atoms with Crippen molar-refractivity contribution in [3.05, 3.63) is 22.2 Å². The molecule has 0 spiro atoms. The largest absolute Gasteiger partial charge is 0.396 e. The number of methoxy groups -OCH3 is 1. The number of aromatic nitrogens is 2. The number of anilines is 1. The Bertz CT molecular complexity index is 518. The molecule has 0 aromatic carbocycles. The maximum atomic E-state index is 12.0. The van der Waals surface area contributed by atoms with Crippen LogP contribution < -0.4 is 11.2 Å². The summed E-state index contributed by atoms with van der Waals surface area (Å²) in [5, 5.41) is 27.9. The summed E-state index contributed by atoms with van der Waals surface area (Å²) in [7, 11) is 1.50. The highest BCUT2D eigenvalue weighted by Gasteiger charge is 2.34. The average Bonchev–Trinajstić information content (AvgIpc) is 2.81. The standard InChI is InChI=1S/C12H19N3O5/c1-20-6-8-4-15(12(18)13-11(8)14-19)9-2-7(5-16)10(17)3-9/h4,7,9-10,16-17,19H,2-3,5-6H2,1H3,(H,13,14,18)/t7-,9-,10+/m1/s1. The zero-order valence-electron chi connectivity index (χ0n) is 11.2. The summed E-state index contributed by atoms with van der Waals surface area (Å²) >= 11 is 0. The molecule has 2 rings (SSSR count). The van der Waals surface area contributed by atoms with Gasteiger partial charge in [0.1, 0.15) is 0 Å². The first-order valence-electron chi connectivity index (χ1n) is 6.40. The maximum Gasteiger partial charge on any atom is 0.349 e. The molecule has 1 aliphatic carbocycles. The number of ether oxygens (including phenoxy) is 1. The Balaban J connectivity index is 2.32. The van der Waals surface area contributed by atoms with Crippen molar-refractivity contribution in [1.82, 2.24) is 9.55 Å². The molecular weight excluding hydrogens is 266 g/mol. The van der Waals surface area contributed by atoms with Gasteiger partial charge in [-0.15, -0.1) is 0 Å². The van der Waals surface area contributed by atoms with Gasteiger partial charge in [0.2, 0.25) is 0 Å². The second kappa shape index (κ2) is 6.31. The summed E-state index contributed by atoms with van der Waals surface area (Å²) < 4.78 is 6.42. The number of hydrogen-bond acceptors (Lipinski definition) is 7. The molecule has 0 saturated heterocycles. The number of nitrogens with one attached hydrogen (secondary N) is 1. The highest BCUT2D eigenvalue weighted by atomic mass is 16.5. The SMILES string of the molecule is COCc1cn([C@@H]2C[C@H](CO)[C@@H](O)C2)c(=O)nc1NO. The van der Waals surface area contributed by atoms with E-state index in [-0.39, 0.29) is 31.0 Å². The van der Waals surface area contributed by atoms with Gasteiger partial charge >= 0.3 is 5.69 Å². The predicted octanol–water partition coefficient (Wildman–Crippen LogP) is -0.505. The van der Waals surface area contributed by atoms with Gasteiger partial charge in [0.25, 0.3) is 0 Å². The molecular formula is C12H19N3O5. The minimum atomic E-state index is -0.626. The summed E-state index contributed by atoms with van der Waals surface area (Å²) in [4.78, 5) is 15.7. The molecule has 1 heterocycles. The third-order valence-electron chi connectivity index (χ3n) is 3.69. The van der Waals surface area contributed by atoms with E-state index in [1.54, 1.807) is 6.20 Å². The first-order chi connectivity index (χ1) is 9.60. The van der Waals surface area contributed by atoms with Crippen LogP contribution in [-0.2, 0) is 11.3 Å². The molecule has 0 bridgehead atoms. The lowest BCUT2D eigenvalue weighted by atomic mass is 10.1. The molecule has 1 aromatic rings. The minimum Gasteiger partial charge on any atom is -0.396 e. The van der Waals surface area contributed by atoms with E-state index in [4.69, 9.17) is 15.1 Å². The van der Waals surface area contributed by atoms with Gasteiger partial charge in [0.05, 0.1) is 12.7 Å². The molecule has 112 valence electrons. The zero-order chi connectivity index (χ0) is 14.7. The summed E-state index contributed by atoms with van der Waals surface area (Å²) in [5.74, 6) is -0.168. The van der Waals surface area contributed by atoms with Gasteiger partial charge in [-0.3, -0.25) is 15.3 Å². The lowest BCUT2D eigenvalue weighted by Gasteiger charge is -2.16. The topological polar surface area (TPSA) is 117 Å². The van der Waals surface area contributed by atoms with E-state index in [9.17, 15) is 9.90 Å². The van der Waals surface area contributed by atoms with Crippen LogP contribution in [0.4, 0.5) is 5.82 Å². The molecule has 0 amide bonds. The lowest BCUT2D eigenvalue weighted by Crippen LogP contribution is -2.28. The van der Waals surface area contributed by atoms with Crippen molar-refractivity contribution in [3.8, 4) is 0 Å². The Morgan fingerprint density at radius 1 is 1.55 bits per heavy atom. The number of aliphatic hydroxyl groups is 2. The van der Waals surface area contributed by atoms with Crippen LogP contribution in [0.15, 0.2) is 11.0 Å². The molecule has 20 heavy (non-hydrogen) atoms. The first-order valence-corrected chi connectivity index (χ1v) is 6.40. The van der Waals surface area contributed by atoms with Crippen molar-refractivity contribution in [2.24, 2.45) is 5.92 Å². The maximum absolute atomic E-state index is 12.0. The van der Waals surface area contributed by atoms with Crippen LogP contribution in [0.5, 0.6) is 0 Å². The van der Waals surface area contributed by atoms with Crippen LogP contribution in [0.2, 0.25) is 0 Å². The van der Waals surface area contributed by atoms with Crippen LogP contribution in [-0.4, -0.2) is 44.8 Å². The van der Waals surface area contributed by atoms with Gasteiger partial charge in [0, 0.05) is 37.4 Å². The molecule has 8 nitrogen and oxygen atoms in total. The fraction of sp³-hybridized carbons (Fsp3) is 0.667. The fourth-order valence-corrected chi connectivity index (χ4v) is 2.63. The van der Waals surface area contributed by atoms with E-state index in [1.165, 1.54) is 11.7 Å². The quantitative estimate of drug-likeness (QED) is 0.538. The first kappa shape index (κ1) is 14.9. The highest BCUT2D eigenvalue weighted by molar-refractivity contribution is 5.39. The van der Waals surface area contributed by atoms with Crippen LogP contribution in [0.3, 0.4) is 0 Å². The Kier molecular flexibility index (Phi) is 4.71. The fourth-order valence-electron chi connectivity index (χ4n) is 2.63. The highest BCUT2D eigenvalue weighted by Crippen LogP contribution is 2.34. The zero-order valence-corrected chi connectivity index (χ0v) is 11.2. The Hall–Kier alpha value is -1.48. The van der Waals surface area contributed by atoms with Crippen molar-refractivity contribution in [1.29, 1.82) is 0 Å². The van der Waals surface area contributed by atoms with E-state index in [0.717, 1.165) is 0 Å². The van der Waals surface area contributed by atoms with E-state index in [1.807, 2.05) is 5.48 Å². The normalized spacial score (nSPS) is 25.9. The van der Waals surface area contributed by atoms with Crippen molar-refractivity contribution in [3.63, 3.8) is 0 Å². The van der Waals surface area contributed by atoms with Crippen molar-refractivity contribution >= 4 is 5.82 Å². The second-order valence-electron chi connectivity index (χ2n) is 4.98. The smallest absolute Gasteiger partial charge is 0.349 e. The third-order valence-corrected chi connectivity index (χ3v) is 3.69. The van der Waals surface area contributed by atoms with Crippen LogP contribution in [0.1, 0.15) is 24.4 Å². The number of rotatable bonds is 5. The van der Waals surface area contributed by atoms with Gasteiger partial charge in [0.15, 0.2) is 5.82 Å². The summed E-state index contributed by atoms with van der Waals surface area (Å²) in [5.41, 5.74) is 1.90. The molecule has 1 saturated carbocycles. The summed E-state index contributed by atoms with van der Waals surface area (Å²) in [6.07, 6.45) is 1.84. The molecule has 8 heteroatoms. The lowest BCUT2D eigenvalue weighted by molar-refractivity contribution is 0.0906. The van der Waals surface area contributed by atoms with Gasteiger partial charge in [-0.25, -0.2) is 4.79 Å². The van der Waals surface area contributed by atoms with Gasteiger partial charge in [-0.2, -0.15) is 4.98 Å². The summed E-state index contributed by atoms with van der Waals surface area (Å²) in [6, 6.07) is -0.217. The molecule has 0 radical (unpaired) electrons. The van der Waals surface area contributed by atoms with Crippen LogP contribution in [0.25, 0.3) is 0 Å². The minimum absolute atomic E-state index is 0.0605. The molecule has 0 aliphatic heterocycles. The van der Waals surface area contributed by atoms with E-state index in [2.05, 4.69) is 4.98 Å². The molecule has 3 atom stereocenters. The monoisotopic (exact) mass is 285 g/mol. The molecule has 0 unspecified atom stereocenters. The van der Waals surface area contributed by atoms with E-state index < -0.39 is 11.8 Å². The van der Waals surface area contributed by atoms with Crippen molar-refractivity contribution in [2.75, 3.05) is 19.2 Å². The second-order valence-corrected chi connectivity index (χ2v) is 4.98. The number of nitrogens with zero attached hydrogens (tertiary/aromatic N) is 2. The van der Waals surface area contributed by atoms with Crippen molar-refractivity contribution in [2.45, 2.75) is 31.6 Å². The van der Waals surface area contributed by atoms with Gasteiger partial charge < -0.3 is 14.9 Å². The van der Waals surface area contributed by atoms with Crippen LogP contribution in [0, 0.1) is 5.92 Å². The van der Waals surface area contributed by atoms with Gasteiger partial charge in [-0.1, -0.05) is 0 Å². The van der Waals surface area contributed by atoms with Crippen LogP contribution >= 0.6 is 0 Å². The molecule has 1 aromatic heterocycles. The van der Waals surface area contributed by atoms with Gasteiger partial charge in [-0.05, 0) is 12.8 Å². The summed E-state index contributed by atoms with van der Waals surface area (Å²) in [6.45, 7) is 0.0793. The Morgan fingerprint density at radius 2 is 2.30 bits per heavy atom. The van der Waals surface area contributed by atoms with Crippen molar-refractivity contribution < 1.29 is 20.2 Å². The molecule has 1 aliphatic rings. The van der Waals surface area contributed by atoms with E-state index >= 15 is 0 Å². The predicted molar refractivity (Wildman–Crippen MR) is 69.5 cm³/mol. The molecule has 4 N–H and O–H groups in total. The molecule has 1 fully saturated rings. The third kappa shape index (κ3) is 2.83. The Morgan fingerprint density at radius 3 is 2.85 bits per heavy atom. The number of aliphatic hydroxyl groups excluding tert-OH is 2.